The highest BCUT2D eigenvalue weighted by Gasteiger charge is 2.09. The summed E-state index contributed by atoms with van der Waals surface area (Å²) in [4.78, 5) is 18.4. The largest absolute Gasteiger partial charge is 0.368 e. The summed E-state index contributed by atoms with van der Waals surface area (Å²) < 4.78 is 1.51. The van der Waals surface area contributed by atoms with Crippen LogP contribution in [0.4, 0.5) is 23.4 Å². The zero-order valence-electron chi connectivity index (χ0n) is 12.0. The molecule has 0 atom stereocenters. The average Bonchev–Trinajstić information content (AvgIpc) is 2.88. The van der Waals surface area contributed by atoms with Crippen molar-refractivity contribution in [1.82, 2.24) is 19.7 Å². The molecule has 3 rings (SSSR count). The minimum atomic E-state index is -0.442. The fourth-order valence-electron chi connectivity index (χ4n) is 1.97. The van der Waals surface area contributed by atoms with Crippen LogP contribution in [0.3, 0.4) is 0 Å². The molecule has 0 bridgehead atoms. The quantitative estimate of drug-likeness (QED) is 0.545. The highest BCUT2D eigenvalue weighted by Crippen LogP contribution is 2.15. The number of nitrogens with one attached hydrogen (secondary N) is 1. The standard InChI is InChI=1S/C14H13N7O2/c15-13-18-14(17-12-3-1-2-8-16-12)19-20(13)9-10-4-6-11(7-5-10)21(22)23/h1-8H,9H2,(H3,15,16,17,18,19). The SMILES string of the molecule is Nc1nc(Nc2ccccn2)nn1Cc1ccc([N+](=O)[O-])cc1. The number of rotatable bonds is 5. The summed E-state index contributed by atoms with van der Waals surface area (Å²) in [7, 11) is 0. The Labute approximate surface area is 130 Å². The lowest BCUT2D eigenvalue weighted by molar-refractivity contribution is -0.384. The Morgan fingerprint density at radius 3 is 2.65 bits per heavy atom. The molecule has 1 aromatic carbocycles. The van der Waals surface area contributed by atoms with Crippen molar-refractivity contribution in [3.05, 3.63) is 64.3 Å². The molecule has 9 heteroatoms. The summed E-state index contributed by atoms with van der Waals surface area (Å²) in [6.45, 7) is 0.362. The predicted molar refractivity (Wildman–Crippen MR) is 84.2 cm³/mol. The first-order valence-electron chi connectivity index (χ1n) is 6.73. The number of pyridine rings is 1. The Balaban J connectivity index is 1.74. The monoisotopic (exact) mass is 311 g/mol. The number of nitro groups is 1. The molecule has 3 N–H and O–H groups in total. The van der Waals surface area contributed by atoms with Gasteiger partial charge >= 0.3 is 0 Å². The summed E-state index contributed by atoms with van der Waals surface area (Å²) in [5, 5.41) is 17.9. The number of nitrogens with two attached hydrogens (primary N) is 1. The van der Waals surface area contributed by atoms with Crippen molar-refractivity contribution in [2.75, 3.05) is 11.1 Å². The molecule has 0 aliphatic heterocycles. The molecule has 0 amide bonds. The number of nitrogens with zero attached hydrogens (tertiary/aromatic N) is 5. The van der Waals surface area contributed by atoms with Gasteiger partial charge < -0.3 is 11.1 Å². The fourth-order valence-corrected chi connectivity index (χ4v) is 1.97. The summed E-state index contributed by atoms with van der Waals surface area (Å²) in [5.74, 6) is 1.19. The number of hydrogen-bond acceptors (Lipinski definition) is 7. The van der Waals surface area contributed by atoms with Crippen molar-refractivity contribution >= 4 is 23.4 Å². The highest BCUT2D eigenvalue weighted by atomic mass is 16.6. The summed E-state index contributed by atoms with van der Waals surface area (Å²) in [5.41, 5.74) is 6.71. The van der Waals surface area contributed by atoms with Crippen LogP contribution in [-0.2, 0) is 6.54 Å². The molecule has 0 radical (unpaired) electrons. The maximum absolute atomic E-state index is 10.6. The molecule has 0 aliphatic carbocycles. The Hall–Kier alpha value is -3.49. The van der Waals surface area contributed by atoms with E-state index >= 15 is 0 Å². The van der Waals surface area contributed by atoms with E-state index in [1.165, 1.54) is 16.8 Å². The lowest BCUT2D eigenvalue weighted by Crippen LogP contribution is -2.06. The van der Waals surface area contributed by atoms with E-state index in [2.05, 4.69) is 20.4 Å². The molecule has 0 aliphatic rings. The highest BCUT2D eigenvalue weighted by molar-refractivity contribution is 5.48. The summed E-state index contributed by atoms with van der Waals surface area (Å²) in [6.07, 6.45) is 1.65. The van der Waals surface area contributed by atoms with Gasteiger partial charge in [-0.2, -0.15) is 4.98 Å². The molecule has 0 spiro atoms. The third kappa shape index (κ3) is 3.40. The fraction of sp³-hybridized carbons (Fsp3) is 0.0714. The van der Waals surface area contributed by atoms with Gasteiger partial charge in [0.25, 0.3) is 5.69 Å². The molecule has 0 unspecified atom stereocenters. The van der Waals surface area contributed by atoms with Gasteiger partial charge in [-0.1, -0.05) is 18.2 Å². The third-order valence-corrected chi connectivity index (χ3v) is 3.08. The topological polar surface area (TPSA) is 125 Å². The van der Waals surface area contributed by atoms with Crippen LogP contribution in [-0.4, -0.2) is 24.7 Å². The number of non-ortho nitro benzene ring substituents is 1. The normalized spacial score (nSPS) is 10.4. The summed E-state index contributed by atoms with van der Waals surface area (Å²) in [6, 6.07) is 11.6. The number of aromatic nitrogens is 4. The number of nitro benzene ring substituents is 1. The van der Waals surface area contributed by atoms with E-state index < -0.39 is 4.92 Å². The van der Waals surface area contributed by atoms with Gasteiger partial charge in [0.1, 0.15) is 5.82 Å². The van der Waals surface area contributed by atoms with Crippen molar-refractivity contribution < 1.29 is 4.92 Å². The Kier molecular flexibility index (Phi) is 3.83. The molecule has 2 heterocycles. The molecule has 0 saturated heterocycles. The van der Waals surface area contributed by atoms with Crippen molar-refractivity contribution in [1.29, 1.82) is 0 Å². The van der Waals surface area contributed by atoms with Gasteiger partial charge in [0.15, 0.2) is 0 Å². The Morgan fingerprint density at radius 1 is 1.22 bits per heavy atom. The van der Waals surface area contributed by atoms with Gasteiger partial charge in [-0.15, -0.1) is 5.10 Å². The van der Waals surface area contributed by atoms with Crippen LogP contribution < -0.4 is 11.1 Å². The van der Waals surface area contributed by atoms with Gasteiger partial charge in [-0.05, 0) is 17.7 Å². The van der Waals surface area contributed by atoms with E-state index in [0.29, 0.717) is 18.3 Å². The smallest absolute Gasteiger partial charge is 0.269 e. The van der Waals surface area contributed by atoms with E-state index in [9.17, 15) is 10.1 Å². The third-order valence-electron chi connectivity index (χ3n) is 3.08. The Bertz CT molecular complexity index is 815. The van der Waals surface area contributed by atoms with Gasteiger partial charge in [0.2, 0.25) is 11.9 Å². The first kappa shape index (κ1) is 14.4. The van der Waals surface area contributed by atoms with Crippen LogP contribution in [0.2, 0.25) is 0 Å². The molecular weight excluding hydrogens is 298 g/mol. The van der Waals surface area contributed by atoms with E-state index in [1.54, 1.807) is 30.5 Å². The second-order valence-corrected chi connectivity index (χ2v) is 4.71. The van der Waals surface area contributed by atoms with Crippen LogP contribution >= 0.6 is 0 Å². The van der Waals surface area contributed by atoms with Gasteiger partial charge in [-0.25, -0.2) is 9.67 Å². The van der Waals surface area contributed by atoms with E-state index in [4.69, 9.17) is 5.73 Å². The maximum atomic E-state index is 10.6. The van der Waals surface area contributed by atoms with Crippen LogP contribution in [0.1, 0.15) is 5.56 Å². The summed E-state index contributed by atoms with van der Waals surface area (Å²) >= 11 is 0. The van der Waals surface area contributed by atoms with E-state index in [0.717, 1.165) is 5.56 Å². The second kappa shape index (κ2) is 6.10. The maximum Gasteiger partial charge on any atom is 0.269 e. The number of benzene rings is 1. The molecular formula is C14H13N7O2. The zero-order valence-corrected chi connectivity index (χ0v) is 12.0. The molecule has 0 saturated carbocycles. The van der Waals surface area contributed by atoms with Crippen LogP contribution in [0, 0.1) is 10.1 Å². The molecule has 0 fully saturated rings. The zero-order chi connectivity index (χ0) is 16.2. The molecule has 23 heavy (non-hydrogen) atoms. The first-order chi connectivity index (χ1) is 11.1. The van der Waals surface area contributed by atoms with Gasteiger partial charge in [0, 0.05) is 18.3 Å². The average molecular weight is 311 g/mol. The van der Waals surface area contributed by atoms with Crippen molar-refractivity contribution in [3.63, 3.8) is 0 Å². The lowest BCUT2D eigenvalue weighted by Gasteiger charge is -2.02. The number of anilines is 3. The molecule has 3 aromatic rings. The number of nitrogen functional groups attached to an aromatic ring is 1. The van der Waals surface area contributed by atoms with Crippen molar-refractivity contribution in [3.8, 4) is 0 Å². The Morgan fingerprint density at radius 2 is 2.00 bits per heavy atom. The lowest BCUT2D eigenvalue weighted by atomic mass is 10.2. The predicted octanol–water partition coefficient (Wildman–Crippen LogP) is 1.96. The molecule has 2 aromatic heterocycles. The second-order valence-electron chi connectivity index (χ2n) is 4.71. The minimum absolute atomic E-state index is 0.0396. The first-order valence-corrected chi connectivity index (χ1v) is 6.73. The van der Waals surface area contributed by atoms with Crippen LogP contribution in [0.5, 0.6) is 0 Å². The van der Waals surface area contributed by atoms with Crippen molar-refractivity contribution in [2.45, 2.75) is 6.54 Å². The van der Waals surface area contributed by atoms with E-state index in [-0.39, 0.29) is 11.6 Å². The van der Waals surface area contributed by atoms with Crippen LogP contribution in [0.15, 0.2) is 48.7 Å². The number of hydrogen-bond donors (Lipinski definition) is 2. The molecule has 116 valence electrons. The van der Waals surface area contributed by atoms with Gasteiger partial charge in [-0.3, -0.25) is 10.1 Å². The van der Waals surface area contributed by atoms with Crippen LogP contribution in [0.25, 0.3) is 0 Å². The minimum Gasteiger partial charge on any atom is -0.368 e. The molecule has 9 nitrogen and oxygen atoms in total. The van der Waals surface area contributed by atoms with Gasteiger partial charge in [0.05, 0.1) is 11.5 Å². The van der Waals surface area contributed by atoms with E-state index in [1.807, 2.05) is 6.07 Å². The van der Waals surface area contributed by atoms with Crippen molar-refractivity contribution in [2.24, 2.45) is 0 Å².